The second kappa shape index (κ2) is 7.00. The van der Waals surface area contributed by atoms with E-state index in [9.17, 15) is 18.0 Å². The Balaban J connectivity index is 1.46. The van der Waals surface area contributed by atoms with E-state index in [-0.39, 0.29) is 42.7 Å². The van der Waals surface area contributed by atoms with Gasteiger partial charge in [-0.05, 0) is 41.3 Å². The van der Waals surface area contributed by atoms with Gasteiger partial charge in [0.25, 0.3) is 0 Å². The molecule has 3 aliphatic rings. The van der Waals surface area contributed by atoms with Gasteiger partial charge < -0.3 is 9.64 Å². The molecule has 4 rings (SSSR count). The van der Waals surface area contributed by atoms with Gasteiger partial charge in [0.05, 0.1) is 11.0 Å². The molecule has 9 heteroatoms. The molecule has 2 heterocycles. The number of rotatable bonds is 3. The number of morpholine rings is 1. The van der Waals surface area contributed by atoms with Crippen LogP contribution in [0.15, 0.2) is 10.5 Å². The topological polar surface area (TPSA) is 32.8 Å². The first-order valence-electron chi connectivity index (χ1n) is 8.92. The molecule has 3 fully saturated rings. The molecule has 2 atom stereocenters. The zero-order valence-electron chi connectivity index (χ0n) is 14.5. The minimum Gasteiger partial charge on any atom is -0.360 e. The summed E-state index contributed by atoms with van der Waals surface area (Å²) in [6, 6.07) is 1.05. The van der Waals surface area contributed by atoms with Gasteiger partial charge in [-0.15, -0.1) is 0 Å². The van der Waals surface area contributed by atoms with Crippen molar-refractivity contribution in [3.63, 3.8) is 0 Å². The van der Waals surface area contributed by atoms with Gasteiger partial charge in [0.2, 0.25) is 5.91 Å². The van der Waals surface area contributed by atoms with Crippen LogP contribution in [0.25, 0.3) is 0 Å². The maximum absolute atomic E-state index is 15.0. The quantitative estimate of drug-likeness (QED) is 0.402. The van der Waals surface area contributed by atoms with E-state index in [0.717, 1.165) is 18.9 Å². The fraction of sp³-hybridized carbons (Fsp3) is 0.611. The average molecular weight is 451 g/mol. The highest BCUT2D eigenvalue weighted by atomic mass is 79.9. The van der Waals surface area contributed by atoms with Gasteiger partial charge >= 0.3 is 0 Å². The summed E-state index contributed by atoms with van der Waals surface area (Å²) in [6.07, 6.45) is 0.747. The number of nitrogens with zero attached hydrogens (tertiary/aromatic N) is 2. The van der Waals surface area contributed by atoms with Crippen molar-refractivity contribution in [2.75, 3.05) is 26.2 Å². The van der Waals surface area contributed by atoms with Crippen molar-refractivity contribution >= 4 is 21.8 Å². The number of benzene rings is 1. The lowest BCUT2D eigenvalue weighted by Crippen LogP contribution is -2.64. The number of halogens is 5. The molecule has 0 N–H and O–H groups in total. The van der Waals surface area contributed by atoms with E-state index in [4.69, 9.17) is 4.74 Å². The van der Waals surface area contributed by atoms with Gasteiger partial charge in [0.15, 0.2) is 11.6 Å². The monoisotopic (exact) mass is 450 g/mol. The zero-order chi connectivity index (χ0) is 19.3. The zero-order valence-corrected chi connectivity index (χ0v) is 16.1. The summed E-state index contributed by atoms with van der Waals surface area (Å²) in [5.74, 6) is -3.43. The van der Waals surface area contributed by atoms with Gasteiger partial charge in [0.1, 0.15) is 24.2 Å². The van der Waals surface area contributed by atoms with Gasteiger partial charge in [-0.1, -0.05) is 0 Å². The number of piperidine rings is 1. The lowest BCUT2D eigenvalue weighted by atomic mass is 9.87. The molecule has 27 heavy (non-hydrogen) atoms. The van der Waals surface area contributed by atoms with Crippen molar-refractivity contribution in [3.8, 4) is 0 Å². The van der Waals surface area contributed by atoms with Gasteiger partial charge in [-0.3, -0.25) is 9.69 Å². The minimum atomic E-state index is -1.41. The number of carbonyl (C=O) groups is 1. The van der Waals surface area contributed by atoms with Crippen LogP contribution in [0, 0.1) is 17.5 Å². The van der Waals surface area contributed by atoms with Crippen LogP contribution in [0.5, 0.6) is 0 Å². The molecule has 1 aliphatic carbocycles. The van der Waals surface area contributed by atoms with Crippen LogP contribution in [-0.4, -0.2) is 59.8 Å². The van der Waals surface area contributed by atoms with Gasteiger partial charge in [-0.25, -0.2) is 17.6 Å². The Bertz CT molecular complexity index is 776. The van der Waals surface area contributed by atoms with Crippen molar-refractivity contribution < 1.29 is 27.1 Å². The first kappa shape index (κ1) is 19.1. The van der Waals surface area contributed by atoms with Crippen molar-refractivity contribution in [3.05, 3.63) is 33.6 Å². The smallest absolute Gasteiger partial charge is 0.248 e. The molecule has 1 unspecified atom stereocenters. The maximum atomic E-state index is 15.0. The first-order valence-corrected chi connectivity index (χ1v) is 9.72. The molecule has 1 amide bonds. The Hall–Kier alpha value is -1.19. The van der Waals surface area contributed by atoms with Crippen LogP contribution < -0.4 is 0 Å². The second-order valence-electron chi connectivity index (χ2n) is 7.51. The molecule has 1 spiro atoms. The van der Waals surface area contributed by atoms with Crippen molar-refractivity contribution in [1.82, 2.24) is 9.80 Å². The summed E-state index contributed by atoms with van der Waals surface area (Å²) >= 11 is 2.76. The summed E-state index contributed by atoms with van der Waals surface area (Å²) < 4.78 is 62.2. The van der Waals surface area contributed by atoms with Gasteiger partial charge in [-0.2, -0.15) is 0 Å². The van der Waals surface area contributed by atoms with E-state index >= 15 is 4.39 Å². The molecule has 2 aliphatic heterocycles. The predicted molar refractivity (Wildman–Crippen MR) is 92.2 cm³/mol. The number of hydrogen-bond donors (Lipinski definition) is 0. The molecule has 148 valence electrons. The van der Waals surface area contributed by atoms with Crippen LogP contribution in [0.1, 0.15) is 24.8 Å². The van der Waals surface area contributed by atoms with Crippen LogP contribution in [0.3, 0.4) is 0 Å². The van der Waals surface area contributed by atoms with E-state index in [1.54, 1.807) is 9.80 Å². The average Bonchev–Trinajstić information content (AvgIpc) is 3.47. The fourth-order valence-corrected chi connectivity index (χ4v) is 4.25. The highest BCUT2D eigenvalue weighted by molar-refractivity contribution is 9.10. The predicted octanol–water partition coefficient (Wildman–Crippen LogP) is 3.17. The number of carbonyl (C=O) groups excluding carboxylic acids is 1. The molecule has 0 aromatic heterocycles. The van der Waals surface area contributed by atoms with Crippen molar-refractivity contribution in [2.45, 2.75) is 43.6 Å². The minimum absolute atomic E-state index is 0.0940. The third kappa shape index (κ3) is 3.49. The van der Waals surface area contributed by atoms with Crippen LogP contribution in [-0.2, 0) is 16.1 Å². The van der Waals surface area contributed by atoms with E-state index in [1.807, 2.05) is 0 Å². The van der Waals surface area contributed by atoms with Crippen molar-refractivity contribution in [2.24, 2.45) is 0 Å². The van der Waals surface area contributed by atoms with E-state index in [2.05, 4.69) is 15.9 Å². The molecule has 0 radical (unpaired) electrons. The molecule has 4 nitrogen and oxygen atoms in total. The largest absolute Gasteiger partial charge is 0.360 e. The highest BCUT2D eigenvalue weighted by Crippen LogP contribution is 2.38. The lowest BCUT2D eigenvalue weighted by molar-refractivity contribution is -0.189. The molecule has 1 aromatic rings. The number of alkyl halides is 1. The van der Waals surface area contributed by atoms with Crippen LogP contribution in [0.4, 0.5) is 17.6 Å². The lowest BCUT2D eigenvalue weighted by Gasteiger charge is -2.49. The van der Waals surface area contributed by atoms with E-state index in [1.165, 1.54) is 0 Å². The molecule has 2 saturated heterocycles. The van der Waals surface area contributed by atoms with E-state index in [0.29, 0.717) is 13.0 Å². The second-order valence-corrected chi connectivity index (χ2v) is 8.36. The Morgan fingerprint density at radius 1 is 1.26 bits per heavy atom. The number of ether oxygens (including phenoxy) is 1. The molecular weight excluding hydrogens is 432 g/mol. The normalized spacial score (nSPS) is 29.6. The van der Waals surface area contributed by atoms with Crippen molar-refractivity contribution in [1.29, 1.82) is 0 Å². The number of amides is 1. The summed E-state index contributed by atoms with van der Waals surface area (Å²) in [4.78, 5) is 15.2. The SMILES string of the molecule is O=C1COC2(CCN(Cc3c(F)cc(Br)c(F)c3F)C[C@@H]2F)CN1C1CC1. The third-order valence-corrected chi connectivity index (χ3v) is 6.24. The number of hydrogen-bond acceptors (Lipinski definition) is 3. The fourth-order valence-electron chi connectivity index (χ4n) is 3.87. The maximum Gasteiger partial charge on any atom is 0.248 e. The van der Waals surface area contributed by atoms with Crippen LogP contribution in [0.2, 0.25) is 0 Å². The standard InChI is InChI=1S/C18H19BrF4N2O2/c19-12-5-13(20)11(16(22)17(12)23)6-24-4-3-18(14(21)7-24)9-25(10-1-2-10)15(26)8-27-18/h5,10,14H,1-4,6-9H2/t14-,18?/m0/s1. The first-order chi connectivity index (χ1) is 12.8. The van der Waals surface area contributed by atoms with Crippen LogP contribution >= 0.6 is 15.9 Å². The number of likely N-dealkylation sites (tertiary alicyclic amines) is 1. The molecule has 1 aromatic carbocycles. The molecular formula is C18H19BrF4N2O2. The van der Waals surface area contributed by atoms with E-state index < -0.39 is 34.8 Å². The highest BCUT2D eigenvalue weighted by Gasteiger charge is 2.51. The van der Waals surface area contributed by atoms with Gasteiger partial charge in [0, 0.05) is 31.2 Å². The summed E-state index contributed by atoms with van der Waals surface area (Å²) in [6.45, 7) is 0.0792. The Morgan fingerprint density at radius 2 is 2.00 bits per heavy atom. The molecule has 0 bridgehead atoms. The third-order valence-electron chi connectivity index (χ3n) is 5.66. The summed E-state index contributed by atoms with van der Waals surface area (Å²) in [7, 11) is 0. The Kier molecular flexibility index (Phi) is 4.97. The molecule has 1 saturated carbocycles. The Labute approximate surface area is 162 Å². The summed E-state index contributed by atoms with van der Waals surface area (Å²) in [5, 5.41) is 0. The Morgan fingerprint density at radius 3 is 2.67 bits per heavy atom. The summed E-state index contributed by atoms with van der Waals surface area (Å²) in [5.41, 5.74) is -1.49.